The Balaban J connectivity index is 2.08. The van der Waals surface area contributed by atoms with Gasteiger partial charge in [0.15, 0.2) is 0 Å². The van der Waals surface area contributed by atoms with E-state index in [1.165, 1.54) is 0 Å². The Bertz CT molecular complexity index is 362. The molecule has 2 rings (SSSR count). The Morgan fingerprint density at radius 3 is 2.76 bits per heavy atom. The molecule has 1 heterocycles. The molecule has 0 amide bonds. The highest BCUT2D eigenvalue weighted by molar-refractivity contribution is 5.40. The van der Waals surface area contributed by atoms with Crippen molar-refractivity contribution in [2.45, 2.75) is 25.5 Å². The van der Waals surface area contributed by atoms with Crippen LogP contribution in [0.5, 0.6) is 11.5 Å². The van der Waals surface area contributed by atoms with Crippen LogP contribution in [0.2, 0.25) is 0 Å². The largest absolute Gasteiger partial charge is 0.497 e. The summed E-state index contributed by atoms with van der Waals surface area (Å²) in [7, 11) is 1.65. The zero-order valence-corrected chi connectivity index (χ0v) is 10.1. The lowest BCUT2D eigenvalue weighted by molar-refractivity contribution is 0.0252. The van der Waals surface area contributed by atoms with Gasteiger partial charge < -0.3 is 19.9 Å². The fourth-order valence-corrected chi connectivity index (χ4v) is 1.93. The fraction of sp³-hybridized carbons (Fsp3) is 0.538. The number of methoxy groups -OCH3 is 1. The Hall–Kier alpha value is -1.26. The second-order valence-electron chi connectivity index (χ2n) is 4.11. The zero-order valence-electron chi connectivity index (χ0n) is 10.1. The molecule has 1 saturated heterocycles. The normalized spacial score (nSPS) is 16.8. The van der Waals surface area contributed by atoms with E-state index in [1.807, 2.05) is 18.2 Å². The summed E-state index contributed by atoms with van der Waals surface area (Å²) in [4.78, 5) is 0. The van der Waals surface area contributed by atoms with Crippen LogP contribution >= 0.6 is 0 Å². The molecule has 0 unspecified atom stereocenters. The maximum atomic E-state index is 5.96. The van der Waals surface area contributed by atoms with Crippen LogP contribution < -0.4 is 15.2 Å². The van der Waals surface area contributed by atoms with Gasteiger partial charge in [-0.05, 0) is 18.2 Å². The second kappa shape index (κ2) is 5.89. The highest BCUT2D eigenvalue weighted by Crippen LogP contribution is 2.26. The summed E-state index contributed by atoms with van der Waals surface area (Å²) in [6.07, 6.45) is 2.12. The van der Waals surface area contributed by atoms with Gasteiger partial charge in [0, 0.05) is 24.9 Å². The smallest absolute Gasteiger partial charge is 0.124 e. The number of rotatable bonds is 4. The first-order chi connectivity index (χ1) is 8.33. The van der Waals surface area contributed by atoms with Gasteiger partial charge >= 0.3 is 0 Å². The molecule has 0 saturated carbocycles. The van der Waals surface area contributed by atoms with E-state index in [1.54, 1.807) is 7.11 Å². The summed E-state index contributed by atoms with van der Waals surface area (Å²) in [5, 5.41) is 0. The highest BCUT2D eigenvalue weighted by atomic mass is 16.5. The molecule has 1 aromatic carbocycles. The summed E-state index contributed by atoms with van der Waals surface area (Å²) in [5.41, 5.74) is 6.70. The molecule has 0 spiro atoms. The van der Waals surface area contributed by atoms with Crippen molar-refractivity contribution < 1.29 is 14.2 Å². The van der Waals surface area contributed by atoms with Gasteiger partial charge in [-0.1, -0.05) is 0 Å². The Kier molecular flexibility index (Phi) is 4.23. The van der Waals surface area contributed by atoms with E-state index < -0.39 is 0 Å². The Morgan fingerprint density at radius 2 is 2.12 bits per heavy atom. The third-order valence-electron chi connectivity index (χ3n) is 2.95. The van der Waals surface area contributed by atoms with Gasteiger partial charge in [-0.2, -0.15) is 0 Å². The number of hydrogen-bond donors (Lipinski definition) is 1. The molecule has 2 N–H and O–H groups in total. The summed E-state index contributed by atoms with van der Waals surface area (Å²) in [5.74, 6) is 1.67. The van der Waals surface area contributed by atoms with Crippen molar-refractivity contribution in [1.82, 2.24) is 0 Å². The first-order valence-electron chi connectivity index (χ1n) is 5.95. The molecule has 0 aliphatic carbocycles. The van der Waals surface area contributed by atoms with Crippen LogP contribution in [0.15, 0.2) is 18.2 Å². The summed E-state index contributed by atoms with van der Waals surface area (Å²) < 4.78 is 16.4. The van der Waals surface area contributed by atoms with E-state index >= 15 is 0 Å². The summed E-state index contributed by atoms with van der Waals surface area (Å²) in [6.45, 7) is 2.01. The van der Waals surface area contributed by atoms with Gasteiger partial charge in [0.05, 0.1) is 20.3 Å². The monoisotopic (exact) mass is 237 g/mol. The molecule has 0 bridgehead atoms. The molecule has 0 atom stereocenters. The molecular formula is C13H19NO3. The van der Waals surface area contributed by atoms with Crippen molar-refractivity contribution >= 4 is 0 Å². The van der Waals surface area contributed by atoms with Gasteiger partial charge in [-0.3, -0.25) is 0 Å². The van der Waals surface area contributed by atoms with Crippen LogP contribution in [0, 0.1) is 0 Å². The third-order valence-corrected chi connectivity index (χ3v) is 2.95. The molecule has 1 aliphatic heterocycles. The van der Waals surface area contributed by atoms with Gasteiger partial charge in [0.1, 0.15) is 17.6 Å². The standard InChI is InChI=1S/C13H19NO3/c1-15-12-2-3-13(10(8-12)9-14)17-11-4-6-16-7-5-11/h2-3,8,11H,4-7,9,14H2,1H3. The van der Waals surface area contributed by atoms with Crippen molar-refractivity contribution in [3.63, 3.8) is 0 Å². The molecule has 0 aromatic heterocycles. The van der Waals surface area contributed by atoms with Crippen molar-refractivity contribution in [1.29, 1.82) is 0 Å². The van der Waals surface area contributed by atoms with Crippen molar-refractivity contribution in [3.05, 3.63) is 23.8 Å². The van der Waals surface area contributed by atoms with E-state index in [2.05, 4.69) is 0 Å². The minimum Gasteiger partial charge on any atom is -0.497 e. The predicted molar refractivity (Wildman–Crippen MR) is 65.4 cm³/mol. The molecule has 4 heteroatoms. The first-order valence-corrected chi connectivity index (χ1v) is 5.95. The van der Waals surface area contributed by atoms with Gasteiger partial charge in [-0.25, -0.2) is 0 Å². The molecule has 17 heavy (non-hydrogen) atoms. The minimum atomic E-state index is 0.238. The van der Waals surface area contributed by atoms with Gasteiger partial charge in [-0.15, -0.1) is 0 Å². The highest BCUT2D eigenvalue weighted by Gasteiger charge is 2.16. The minimum absolute atomic E-state index is 0.238. The van der Waals surface area contributed by atoms with E-state index in [0.29, 0.717) is 6.54 Å². The average Bonchev–Trinajstić information content (AvgIpc) is 2.40. The SMILES string of the molecule is COc1ccc(OC2CCOCC2)c(CN)c1. The number of nitrogens with two attached hydrogens (primary N) is 1. The maximum absolute atomic E-state index is 5.96. The maximum Gasteiger partial charge on any atom is 0.124 e. The third kappa shape index (κ3) is 3.11. The molecule has 94 valence electrons. The van der Waals surface area contributed by atoms with Crippen LogP contribution in [-0.4, -0.2) is 26.4 Å². The summed E-state index contributed by atoms with van der Waals surface area (Å²) >= 11 is 0. The van der Waals surface area contributed by atoms with Crippen LogP contribution in [0.1, 0.15) is 18.4 Å². The molecular weight excluding hydrogens is 218 g/mol. The summed E-state index contributed by atoms with van der Waals surface area (Å²) in [6, 6.07) is 5.75. The van der Waals surface area contributed by atoms with Gasteiger partial charge in [0.2, 0.25) is 0 Å². The average molecular weight is 237 g/mol. The zero-order chi connectivity index (χ0) is 12.1. The van der Waals surface area contributed by atoms with Gasteiger partial charge in [0.25, 0.3) is 0 Å². The first kappa shape index (κ1) is 12.2. The van der Waals surface area contributed by atoms with E-state index in [4.69, 9.17) is 19.9 Å². The van der Waals surface area contributed by atoms with E-state index in [9.17, 15) is 0 Å². The van der Waals surface area contributed by atoms with Crippen LogP contribution in [0.25, 0.3) is 0 Å². The van der Waals surface area contributed by atoms with Crippen molar-refractivity contribution in [3.8, 4) is 11.5 Å². The lowest BCUT2D eigenvalue weighted by Gasteiger charge is -2.24. The topological polar surface area (TPSA) is 53.7 Å². The van der Waals surface area contributed by atoms with Crippen LogP contribution in [0.4, 0.5) is 0 Å². The van der Waals surface area contributed by atoms with Crippen molar-refractivity contribution in [2.24, 2.45) is 5.73 Å². The van der Waals surface area contributed by atoms with E-state index in [-0.39, 0.29) is 6.10 Å². The van der Waals surface area contributed by atoms with E-state index in [0.717, 1.165) is 43.1 Å². The lowest BCUT2D eigenvalue weighted by Crippen LogP contribution is -2.26. The number of ether oxygens (including phenoxy) is 3. The quantitative estimate of drug-likeness (QED) is 0.866. The number of benzene rings is 1. The molecule has 1 aromatic rings. The molecule has 1 aliphatic rings. The molecule has 0 radical (unpaired) electrons. The number of hydrogen-bond acceptors (Lipinski definition) is 4. The van der Waals surface area contributed by atoms with Crippen molar-refractivity contribution in [2.75, 3.05) is 20.3 Å². The van der Waals surface area contributed by atoms with Crippen LogP contribution in [0.3, 0.4) is 0 Å². The lowest BCUT2D eigenvalue weighted by atomic mass is 10.1. The second-order valence-corrected chi connectivity index (χ2v) is 4.11. The molecule has 1 fully saturated rings. The van der Waals surface area contributed by atoms with Crippen LogP contribution in [-0.2, 0) is 11.3 Å². The Labute approximate surface area is 102 Å². The predicted octanol–water partition coefficient (Wildman–Crippen LogP) is 1.71. The Morgan fingerprint density at radius 1 is 1.35 bits per heavy atom. The molecule has 4 nitrogen and oxygen atoms in total. The fourth-order valence-electron chi connectivity index (χ4n) is 1.93.